The quantitative estimate of drug-likeness (QED) is 0.745. The van der Waals surface area contributed by atoms with E-state index in [1.165, 1.54) is 0 Å². The maximum atomic E-state index is 12.9. The number of rotatable bonds is 6. The predicted molar refractivity (Wildman–Crippen MR) is 84.1 cm³/mol. The maximum absolute atomic E-state index is 12.9. The molecule has 0 aromatic heterocycles. The zero-order chi connectivity index (χ0) is 15.1. The van der Waals surface area contributed by atoms with Crippen molar-refractivity contribution in [3.63, 3.8) is 0 Å². The van der Waals surface area contributed by atoms with Crippen LogP contribution in [0.5, 0.6) is 0 Å². The highest BCUT2D eigenvalue weighted by Gasteiger charge is 2.41. The van der Waals surface area contributed by atoms with Crippen molar-refractivity contribution in [2.75, 3.05) is 19.7 Å². The first-order valence-electron chi connectivity index (χ1n) is 7.87. The highest BCUT2D eigenvalue weighted by molar-refractivity contribution is 5.88. The number of aliphatic hydroxyl groups excluding tert-OH is 1. The molecule has 0 radical (unpaired) electrons. The third-order valence-corrected chi connectivity index (χ3v) is 4.39. The molecular formula is C17H26N2O2. The number of nitrogens with one attached hydrogen (secondary N) is 2. The fourth-order valence-electron chi connectivity index (χ4n) is 3.09. The molecule has 0 saturated carbocycles. The van der Waals surface area contributed by atoms with Gasteiger partial charge in [-0.2, -0.15) is 0 Å². The van der Waals surface area contributed by atoms with Gasteiger partial charge in [0, 0.05) is 12.6 Å². The molecule has 2 rings (SSSR count). The van der Waals surface area contributed by atoms with Gasteiger partial charge in [0.05, 0.1) is 5.41 Å². The van der Waals surface area contributed by atoms with Crippen molar-refractivity contribution >= 4 is 5.91 Å². The zero-order valence-electron chi connectivity index (χ0n) is 12.8. The van der Waals surface area contributed by atoms with E-state index in [-0.39, 0.29) is 18.6 Å². The minimum atomic E-state index is -0.417. The fraction of sp³-hybridized carbons (Fsp3) is 0.588. The molecule has 1 aliphatic heterocycles. The molecule has 1 aromatic rings. The lowest BCUT2D eigenvalue weighted by atomic mass is 9.72. The van der Waals surface area contributed by atoms with Crippen molar-refractivity contribution in [1.29, 1.82) is 0 Å². The first-order chi connectivity index (χ1) is 10.2. The van der Waals surface area contributed by atoms with Crippen molar-refractivity contribution in [2.45, 2.75) is 44.1 Å². The van der Waals surface area contributed by atoms with Crippen LogP contribution in [0.2, 0.25) is 0 Å². The lowest BCUT2D eigenvalue weighted by Crippen LogP contribution is -2.52. The number of aliphatic hydroxyl groups is 1. The van der Waals surface area contributed by atoms with Gasteiger partial charge in [0.1, 0.15) is 0 Å². The largest absolute Gasteiger partial charge is 0.396 e. The molecule has 21 heavy (non-hydrogen) atoms. The highest BCUT2D eigenvalue weighted by Crippen LogP contribution is 2.33. The van der Waals surface area contributed by atoms with Gasteiger partial charge in [-0.1, -0.05) is 30.3 Å². The van der Waals surface area contributed by atoms with Crippen molar-refractivity contribution in [1.82, 2.24) is 10.6 Å². The summed E-state index contributed by atoms with van der Waals surface area (Å²) in [5.74, 6) is 0.126. The minimum absolute atomic E-state index is 0.0973. The smallest absolute Gasteiger partial charge is 0.230 e. The summed E-state index contributed by atoms with van der Waals surface area (Å²) >= 11 is 0. The van der Waals surface area contributed by atoms with Crippen LogP contribution in [0.3, 0.4) is 0 Å². The van der Waals surface area contributed by atoms with Gasteiger partial charge < -0.3 is 15.7 Å². The van der Waals surface area contributed by atoms with E-state index in [2.05, 4.69) is 22.8 Å². The van der Waals surface area contributed by atoms with Gasteiger partial charge in [-0.3, -0.25) is 4.79 Å². The molecule has 1 unspecified atom stereocenters. The molecule has 4 nitrogen and oxygen atoms in total. The summed E-state index contributed by atoms with van der Waals surface area (Å²) < 4.78 is 0. The van der Waals surface area contributed by atoms with E-state index >= 15 is 0 Å². The van der Waals surface area contributed by atoms with Crippen molar-refractivity contribution in [3.8, 4) is 0 Å². The van der Waals surface area contributed by atoms with Crippen molar-refractivity contribution < 1.29 is 9.90 Å². The van der Waals surface area contributed by atoms with E-state index < -0.39 is 5.41 Å². The molecule has 1 saturated heterocycles. The number of carbonyl (C=O) groups is 1. The summed E-state index contributed by atoms with van der Waals surface area (Å²) in [5, 5.41) is 15.4. The zero-order valence-corrected chi connectivity index (χ0v) is 12.8. The SMILES string of the molecule is CC(CCCO)NC(=O)C1(c2ccccc2)CCNCC1. The first-order valence-corrected chi connectivity index (χ1v) is 7.87. The van der Waals surface area contributed by atoms with Crippen molar-refractivity contribution in [3.05, 3.63) is 35.9 Å². The van der Waals surface area contributed by atoms with E-state index in [9.17, 15) is 4.79 Å². The van der Waals surface area contributed by atoms with Gasteiger partial charge in [0.15, 0.2) is 0 Å². The van der Waals surface area contributed by atoms with Crippen molar-refractivity contribution in [2.24, 2.45) is 0 Å². The van der Waals surface area contributed by atoms with Crippen LogP contribution in [0, 0.1) is 0 Å². The average molecular weight is 290 g/mol. The number of amides is 1. The average Bonchev–Trinajstić information content (AvgIpc) is 2.54. The van der Waals surface area contributed by atoms with Crippen LogP contribution in [0.1, 0.15) is 38.2 Å². The number of hydrogen-bond acceptors (Lipinski definition) is 3. The Morgan fingerprint density at radius 2 is 2.00 bits per heavy atom. The van der Waals surface area contributed by atoms with Crippen LogP contribution < -0.4 is 10.6 Å². The topological polar surface area (TPSA) is 61.4 Å². The molecule has 3 N–H and O–H groups in total. The van der Waals surface area contributed by atoms with E-state index in [0.29, 0.717) is 0 Å². The number of carbonyl (C=O) groups excluding carboxylic acids is 1. The van der Waals surface area contributed by atoms with Crippen LogP contribution in [0.25, 0.3) is 0 Å². The highest BCUT2D eigenvalue weighted by atomic mass is 16.3. The molecule has 0 spiro atoms. The van der Waals surface area contributed by atoms with Gasteiger partial charge in [-0.25, -0.2) is 0 Å². The summed E-state index contributed by atoms with van der Waals surface area (Å²) in [6.07, 6.45) is 3.19. The van der Waals surface area contributed by atoms with E-state index in [0.717, 1.165) is 44.3 Å². The van der Waals surface area contributed by atoms with Crippen LogP contribution in [-0.4, -0.2) is 36.8 Å². The summed E-state index contributed by atoms with van der Waals surface area (Å²) in [7, 11) is 0. The Labute approximate surface area is 126 Å². The van der Waals surface area contributed by atoms with Crippen LogP contribution in [0.15, 0.2) is 30.3 Å². The molecular weight excluding hydrogens is 264 g/mol. The Kier molecular flexibility index (Phi) is 5.76. The van der Waals surface area contributed by atoms with Gasteiger partial charge in [0.2, 0.25) is 5.91 Å². The molecule has 4 heteroatoms. The van der Waals surface area contributed by atoms with Crippen LogP contribution in [-0.2, 0) is 10.2 Å². The van der Waals surface area contributed by atoms with E-state index in [1.807, 2.05) is 25.1 Å². The summed E-state index contributed by atoms with van der Waals surface area (Å²) in [5.41, 5.74) is 0.693. The second-order valence-corrected chi connectivity index (χ2v) is 5.94. The van der Waals surface area contributed by atoms with Gasteiger partial charge in [0.25, 0.3) is 0 Å². The second kappa shape index (κ2) is 7.57. The molecule has 1 aliphatic rings. The molecule has 1 atom stereocenters. The Morgan fingerprint density at radius 3 is 2.62 bits per heavy atom. The van der Waals surface area contributed by atoms with Gasteiger partial charge in [-0.05, 0) is 51.3 Å². The van der Waals surface area contributed by atoms with Crippen LogP contribution in [0.4, 0.5) is 0 Å². The summed E-state index contributed by atoms with van der Waals surface area (Å²) in [6, 6.07) is 10.2. The van der Waals surface area contributed by atoms with Gasteiger partial charge >= 0.3 is 0 Å². The molecule has 1 fully saturated rings. The molecule has 1 aromatic carbocycles. The van der Waals surface area contributed by atoms with E-state index in [1.54, 1.807) is 0 Å². The first kappa shape index (κ1) is 16.0. The minimum Gasteiger partial charge on any atom is -0.396 e. The normalized spacial score (nSPS) is 19.0. The Balaban J connectivity index is 2.14. The van der Waals surface area contributed by atoms with E-state index in [4.69, 9.17) is 5.11 Å². The lowest BCUT2D eigenvalue weighted by molar-refractivity contribution is -0.128. The third-order valence-electron chi connectivity index (χ3n) is 4.39. The number of piperidine rings is 1. The predicted octanol–water partition coefficient (Wildman–Crippen LogP) is 1.58. The number of hydrogen-bond donors (Lipinski definition) is 3. The molecule has 1 heterocycles. The summed E-state index contributed by atoms with van der Waals surface area (Å²) in [4.78, 5) is 12.9. The maximum Gasteiger partial charge on any atom is 0.230 e. The number of benzene rings is 1. The molecule has 1 amide bonds. The molecule has 116 valence electrons. The lowest BCUT2D eigenvalue weighted by Gasteiger charge is -2.37. The fourth-order valence-corrected chi connectivity index (χ4v) is 3.09. The third kappa shape index (κ3) is 3.83. The monoisotopic (exact) mass is 290 g/mol. The Morgan fingerprint density at radius 1 is 1.33 bits per heavy atom. The Bertz CT molecular complexity index is 441. The second-order valence-electron chi connectivity index (χ2n) is 5.94. The van der Waals surface area contributed by atoms with Crippen LogP contribution >= 0.6 is 0 Å². The molecule has 0 bridgehead atoms. The standard InChI is InChI=1S/C17H26N2O2/c1-14(6-5-13-20)19-16(21)17(9-11-18-12-10-17)15-7-3-2-4-8-15/h2-4,7-8,14,18,20H,5-6,9-13H2,1H3,(H,19,21). The Hall–Kier alpha value is -1.39. The summed E-state index contributed by atoms with van der Waals surface area (Å²) in [6.45, 7) is 3.92. The van der Waals surface area contributed by atoms with Gasteiger partial charge in [-0.15, -0.1) is 0 Å². The molecule has 0 aliphatic carbocycles.